The number of benzene rings is 4. The van der Waals surface area contributed by atoms with E-state index in [0.717, 1.165) is 57.3 Å². The third-order valence-electron chi connectivity index (χ3n) is 19.8. The van der Waals surface area contributed by atoms with Gasteiger partial charge < -0.3 is 24.4 Å². The van der Waals surface area contributed by atoms with Gasteiger partial charge in [-0.15, -0.1) is 0 Å². The van der Waals surface area contributed by atoms with Crippen LogP contribution in [0.3, 0.4) is 0 Å². The second kappa shape index (κ2) is 28.8. The van der Waals surface area contributed by atoms with Crippen LogP contribution in [0.2, 0.25) is 0 Å². The molecule has 4 aromatic rings. The van der Waals surface area contributed by atoms with Gasteiger partial charge in [0.15, 0.2) is 0 Å². The van der Waals surface area contributed by atoms with E-state index in [-0.39, 0.29) is 147 Å². The van der Waals surface area contributed by atoms with Crippen molar-refractivity contribution in [2.75, 3.05) is 0 Å². The first-order valence-electron chi connectivity index (χ1n) is 30.2. The predicted molar refractivity (Wildman–Crippen MR) is 335 cm³/mol. The molecule has 3 heterocycles. The summed E-state index contributed by atoms with van der Waals surface area (Å²) in [6, 6.07) is 35.4. The third kappa shape index (κ3) is 14.3. The number of esters is 6. The largest absolute Gasteiger partial charge is 0.481 e. The summed E-state index contributed by atoms with van der Waals surface area (Å²) in [7, 11) is -0.0489. The van der Waals surface area contributed by atoms with Gasteiger partial charge in [0, 0.05) is 41.4 Å². The van der Waals surface area contributed by atoms with Crippen molar-refractivity contribution in [2.24, 2.45) is 71.0 Å². The first-order chi connectivity index (χ1) is 40.4. The van der Waals surface area contributed by atoms with Gasteiger partial charge in [-0.25, -0.2) is 0 Å². The third-order valence-corrected chi connectivity index (χ3v) is 24.7. The molecule has 7 saturated carbocycles. The number of carbonyl (C=O) groups is 8. The minimum absolute atomic E-state index is 0. The summed E-state index contributed by atoms with van der Waals surface area (Å²) < 4.78 is 17.1. The molecule has 4 aromatic carbocycles. The van der Waals surface area contributed by atoms with Crippen LogP contribution in [0, 0.1) is 85.1 Å². The molecule has 14 unspecified atom stereocenters. The van der Waals surface area contributed by atoms with Crippen molar-refractivity contribution >= 4 is 106 Å². The Balaban J connectivity index is 0.000000141. The minimum Gasteiger partial charge on any atom is -0.481 e. The Kier molecular flexibility index (Phi) is 22.0. The van der Waals surface area contributed by atoms with E-state index in [0.29, 0.717) is 0 Å². The first-order valence-corrected chi connectivity index (χ1v) is 33.8. The number of aliphatic carboxylic acids is 2. The van der Waals surface area contributed by atoms with Gasteiger partial charge in [-0.05, 0) is 220 Å². The number of carboxylic acid groups (broad SMARTS) is 2. The Morgan fingerprint density at radius 3 is 1.28 bits per heavy atom. The molecular weight excluding hydrogens is 1420 g/mol. The quantitative estimate of drug-likeness (QED) is 0.0351. The van der Waals surface area contributed by atoms with Crippen LogP contribution in [0.15, 0.2) is 109 Å². The molecule has 17 heteroatoms. The fourth-order valence-corrected chi connectivity index (χ4v) is 22.3. The monoisotopic (exact) mass is 1490 g/mol. The molecule has 6 bridgehead atoms. The van der Waals surface area contributed by atoms with E-state index < -0.39 is 11.9 Å². The van der Waals surface area contributed by atoms with E-state index >= 15 is 0 Å². The van der Waals surface area contributed by atoms with Crippen LogP contribution in [-0.4, -0.2) is 69.3 Å². The maximum absolute atomic E-state index is 12.2. The number of cyclic esters (lactones) is 6. The number of hydrogen-bond acceptors (Lipinski definition) is 11. The Morgan fingerprint density at radius 1 is 0.471 bits per heavy atom. The molecule has 0 amide bonds. The van der Waals surface area contributed by atoms with E-state index in [1.165, 1.54) is 99.2 Å². The van der Waals surface area contributed by atoms with Gasteiger partial charge in [-0.2, -0.15) is 0 Å². The van der Waals surface area contributed by atoms with Crippen LogP contribution in [-0.2, 0) is 73.0 Å². The number of allylic oxidation sites excluding steroid dienone is 2. The first kappa shape index (κ1) is 65.0. The summed E-state index contributed by atoms with van der Waals surface area (Å²) in [5.41, 5.74) is 8.81. The zero-order valence-electron chi connectivity index (χ0n) is 48.1. The molecular formula is C68H75I2O13PPd. The molecule has 0 aromatic heterocycles. The number of aryl methyl sites for hydroxylation is 1. The van der Waals surface area contributed by atoms with Gasteiger partial charge in [0.25, 0.3) is 11.9 Å². The molecule has 14 atom stereocenters. The van der Waals surface area contributed by atoms with Crippen molar-refractivity contribution < 1.29 is 83.2 Å². The average molecular weight is 1490 g/mol. The van der Waals surface area contributed by atoms with E-state index in [2.05, 4.69) is 154 Å². The van der Waals surface area contributed by atoms with Gasteiger partial charge in [-0.3, -0.25) is 38.4 Å². The Labute approximate surface area is 540 Å². The van der Waals surface area contributed by atoms with E-state index in [1.807, 2.05) is 12.2 Å². The Morgan fingerprint density at radius 2 is 0.859 bits per heavy atom. The number of fused-ring (bicyclic) bond motifs is 15. The summed E-state index contributed by atoms with van der Waals surface area (Å²) in [5, 5.41) is 16.6. The summed E-state index contributed by atoms with van der Waals surface area (Å²) in [5.74, 6) is -2.90. The van der Waals surface area contributed by atoms with Crippen molar-refractivity contribution in [1.82, 2.24) is 0 Å². The molecule has 10 fully saturated rings. The van der Waals surface area contributed by atoms with Crippen LogP contribution >= 0.6 is 53.1 Å². The second-order valence-electron chi connectivity index (χ2n) is 24.8. The molecule has 3 aliphatic heterocycles. The molecule has 8 aliphatic carbocycles. The zero-order chi connectivity index (χ0) is 59.5. The molecule has 15 rings (SSSR count). The van der Waals surface area contributed by atoms with Gasteiger partial charge in [-0.1, -0.05) is 137 Å². The summed E-state index contributed by atoms with van der Waals surface area (Å²) in [6.07, 6.45) is 23.5. The fraction of sp³-hybridized carbons (Fsp3) is 0.500. The van der Waals surface area contributed by atoms with Crippen LogP contribution in [0.25, 0.3) is 11.1 Å². The van der Waals surface area contributed by atoms with Crippen molar-refractivity contribution in [3.8, 4) is 11.1 Å². The average Bonchev–Trinajstić information content (AvgIpc) is 1.79. The van der Waals surface area contributed by atoms with Gasteiger partial charge >= 0.3 is 35.8 Å². The van der Waals surface area contributed by atoms with Crippen LogP contribution in [0.4, 0.5) is 0 Å². The van der Waals surface area contributed by atoms with E-state index in [4.69, 9.17) is 29.3 Å². The molecule has 3 saturated heterocycles. The van der Waals surface area contributed by atoms with Crippen molar-refractivity contribution in [3.63, 3.8) is 0 Å². The summed E-state index contributed by atoms with van der Waals surface area (Å²) in [4.78, 5) is 88.9. The van der Waals surface area contributed by atoms with E-state index in [1.54, 1.807) is 5.30 Å². The van der Waals surface area contributed by atoms with Crippen LogP contribution in [0.5, 0.6) is 0 Å². The van der Waals surface area contributed by atoms with Gasteiger partial charge in [0.2, 0.25) is 0 Å². The zero-order valence-corrected chi connectivity index (χ0v) is 54.9. The fourth-order valence-electron chi connectivity index (χ4n) is 16.7. The van der Waals surface area contributed by atoms with Crippen molar-refractivity contribution in [1.29, 1.82) is 0 Å². The van der Waals surface area contributed by atoms with Crippen LogP contribution < -0.4 is 5.30 Å². The summed E-state index contributed by atoms with van der Waals surface area (Å²) in [6.45, 7) is 4.44. The van der Waals surface area contributed by atoms with Crippen LogP contribution in [0.1, 0.15) is 139 Å². The molecule has 11 aliphatic rings. The maximum Gasteiger partial charge on any atom is 0.318 e. The number of ether oxygens (including phenoxy) is 3. The predicted octanol–water partition coefficient (Wildman–Crippen LogP) is 13.6. The minimum atomic E-state index is -0.833. The molecule has 13 nitrogen and oxygen atoms in total. The Bertz CT molecular complexity index is 3030. The van der Waals surface area contributed by atoms with Crippen molar-refractivity contribution in [3.05, 3.63) is 133 Å². The topological polar surface area (TPSA) is 205 Å². The normalized spacial score (nSPS) is 31.1. The standard InChI is InChI=1S/C25H33P.C24H22O6.C9H8O3.C6H4I2.2C2H4O2.Pd/c1-20-12-8-9-17-23(20)24-18-10-11-19-25(24)26(21-13-4-2-5-14-21)22-15-6-3-7-16-22;25-21-17-11-5-13(15(7-11)19(17)23(27)29-21)9-2-1-3-10(4-9)14-6-12-8-16(14)20-18(12)22(26)30-24(20)28;10-8-6-4-1-2-5(3-4)7(6)9(11)12-8;7-5-2-1-3-6(8)4-5;2*1-2(3)4;/h8-12,17-19,21-22H,2-7,13-16H2,1H3;1-4,11-20H,5-8H2;1-2,4-7H,3H2;1-4H;2*1H3,(H,3,4);. The SMILES string of the molecule is CC(=O)O.CC(=O)O.Cc1ccccc1-c1ccccc1P(C1CCCCC1)C1CCCCC1.Ic1cccc(I)c1.O=C1OC(=O)C2C3C=CC(C3)C12.O=C1OC(=O)C2C3CC(CC3c3cccc(C4CC5CC4C4C(=O)OC(=O)C54)c3)C12.[Pd]. The number of hydrogen-bond donors (Lipinski definition) is 2. The molecule has 0 spiro atoms. The molecule has 2 N–H and O–H groups in total. The molecule has 0 radical (unpaired) electrons. The second-order valence-corrected chi connectivity index (χ2v) is 30.0. The maximum atomic E-state index is 12.2. The van der Waals surface area contributed by atoms with Crippen molar-refractivity contribution in [2.45, 2.75) is 140 Å². The van der Waals surface area contributed by atoms with Gasteiger partial charge in [0.05, 0.1) is 35.5 Å². The smallest absolute Gasteiger partial charge is 0.318 e. The summed E-state index contributed by atoms with van der Waals surface area (Å²) >= 11 is 4.60. The molecule has 454 valence electrons. The number of halogens is 2. The number of carboxylic acids is 2. The number of rotatable bonds is 6. The molecule has 85 heavy (non-hydrogen) atoms. The Hall–Kier alpha value is -4.47. The van der Waals surface area contributed by atoms with Gasteiger partial charge in [0.1, 0.15) is 0 Å². The number of carbonyl (C=O) groups excluding carboxylic acids is 6. The van der Waals surface area contributed by atoms with E-state index in [9.17, 15) is 28.8 Å².